The zero-order chi connectivity index (χ0) is 30.8. The van der Waals surface area contributed by atoms with Crippen LogP contribution in [0.25, 0.3) is 22.4 Å². The second kappa shape index (κ2) is 10.1. The Morgan fingerprint density at radius 2 is 1.71 bits per heavy atom. The van der Waals surface area contributed by atoms with Gasteiger partial charge in [-0.1, -0.05) is 39.8 Å². The fourth-order valence-electron chi connectivity index (χ4n) is 6.09. The maximum atomic E-state index is 13.8. The van der Waals surface area contributed by atoms with Crippen LogP contribution in [0, 0.1) is 5.92 Å². The molecule has 1 aliphatic heterocycles. The molecule has 42 heavy (non-hydrogen) atoms. The molecule has 2 amide bonds. The van der Waals surface area contributed by atoms with Gasteiger partial charge in [0.2, 0.25) is 5.91 Å². The summed E-state index contributed by atoms with van der Waals surface area (Å²) in [6, 6.07) is 8.25. The van der Waals surface area contributed by atoms with Gasteiger partial charge in [-0.3, -0.25) is 9.59 Å². The highest BCUT2D eigenvalue weighted by Gasteiger charge is 2.48. The van der Waals surface area contributed by atoms with E-state index in [1.54, 1.807) is 21.9 Å². The van der Waals surface area contributed by atoms with E-state index in [4.69, 9.17) is 4.42 Å². The largest absolute Gasteiger partial charge is 0.449 e. The predicted molar refractivity (Wildman–Crippen MR) is 153 cm³/mol. The molecule has 3 heterocycles. The number of pyridine rings is 1. The van der Waals surface area contributed by atoms with Crippen LogP contribution in [0.15, 0.2) is 40.8 Å². The van der Waals surface area contributed by atoms with E-state index in [1.165, 1.54) is 12.1 Å². The molecule has 0 atom stereocenters. The third kappa shape index (κ3) is 5.53. The number of fused-ring (bicyclic) bond motifs is 1. The summed E-state index contributed by atoms with van der Waals surface area (Å²) >= 11 is 0. The van der Waals surface area contributed by atoms with Crippen molar-refractivity contribution < 1.29 is 32.3 Å². The second-order valence-electron chi connectivity index (χ2n) is 13.4. The van der Waals surface area contributed by atoms with Gasteiger partial charge < -0.3 is 19.3 Å². The average molecular weight is 586 g/mol. The minimum Gasteiger partial charge on any atom is -0.449 e. The van der Waals surface area contributed by atoms with Gasteiger partial charge in [0.1, 0.15) is 5.52 Å². The van der Waals surface area contributed by atoms with E-state index < -0.39 is 28.3 Å². The number of nitrogens with zero attached hydrogens (tertiary/aromatic N) is 3. The average Bonchev–Trinajstić information content (AvgIpc) is 3.32. The number of halogens is 3. The van der Waals surface area contributed by atoms with Crippen LogP contribution in [-0.4, -0.2) is 62.5 Å². The number of hydrogen-bond donors (Lipinski definition) is 1. The van der Waals surface area contributed by atoms with Crippen molar-refractivity contribution in [1.82, 2.24) is 14.8 Å². The molecule has 2 aromatic heterocycles. The molecule has 10 heteroatoms. The Labute approximate surface area is 243 Å². The SMILES string of the molecule is CCC1(O)CC(C(=O)N2CCN(C(=O)c3cc4nc(-c5ccc(C(F)(F)F)cc5)cc(C(C)(C)C)c4o3)C(C)(C)C2)C1. The molecule has 5 rings (SSSR count). The van der Waals surface area contributed by atoms with Gasteiger partial charge in [-0.25, -0.2) is 4.98 Å². The third-order valence-corrected chi connectivity index (χ3v) is 8.72. The monoisotopic (exact) mass is 585 g/mol. The molecular weight excluding hydrogens is 547 g/mol. The van der Waals surface area contributed by atoms with E-state index in [9.17, 15) is 27.9 Å². The van der Waals surface area contributed by atoms with E-state index in [-0.39, 0.29) is 23.5 Å². The van der Waals surface area contributed by atoms with Gasteiger partial charge in [0.25, 0.3) is 5.91 Å². The van der Waals surface area contributed by atoms with Crippen molar-refractivity contribution in [2.24, 2.45) is 5.92 Å². The summed E-state index contributed by atoms with van der Waals surface area (Å²) < 4.78 is 45.5. The number of piperazine rings is 1. The summed E-state index contributed by atoms with van der Waals surface area (Å²) in [5.41, 5.74) is 0.137. The lowest BCUT2D eigenvalue weighted by Gasteiger charge is -2.50. The highest BCUT2D eigenvalue weighted by atomic mass is 19.4. The Morgan fingerprint density at radius 1 is 1.07 bits per heavy atom. The Hall–Kier alpha value is -3.40. The van der Waals surface area contributed by atoms with Gasteiger partial charge in [-0.15, -0.1) is 0 Å². The van der Waals surface area contributed by atoms with Gasteiger partial charge in [-0.05, 0) is 56.7 Å². The number of carbonyl (C=O) groups is 2. The number of aromatic nitrogens is 1. The van der Waals surface area contributed by atoms with Gasteiger partial charge in [0, 0.05) is 42.7 Å². The third-order valence-electron chi connectivity index (χ3n) is 8.72. The first kappa shape index (κ1) is 30.1. The highest BCUT2D eigenvalue weighted by molar-refractivity contribution is 5.97. The number of hydrogen-bond acceptors (Lipinski definition) is 5. The van der Waals surface area contributed by atoms with Crippen LogP contribution >= 0.6 is 0 Å². The summed E-state index contributed by atoms with van der Waals surface area (Å²) in [5.74, 6) is -0.367. The zero-order valence-electron chi connectivity index (χ0n) is 24.9. The second-order valence-corrected chi connectivity index (χ2v) is 13.4. The number of rotatable bonds is 4. The van der Waals surface area contributed by atoms with E-state index in [0.717, 1.165) is 17.7 Å². The van der Waals surface area contributed by atoms with Crippen LogP contribution in [0.5, 0.6) is 0 Å². The molecule has 0 radical (unpaired) electrons. The van der Waals surface area contributed by atoms with Crippen LogP contribution in [0.2, 0.25) is 0 Å². The van der Waals surface area contributed by atoms with Crippen LogP contribution in [0.4, 0.5) is 13.2 Å². The molecule has 0 bridgehead atoms. The van der Waals surface area contributed by atoms with Crippen molar-refractivity contribution in [1.29, 1.82) is 0 Å². The van der Waals surface area contributed by atoms with Crippen molar-refractivity contribution in [3.05, 3.63) is 53.3 Å². The molecule has 2 aliphatic rings. The first-order valence-corrected chi connectivity index (χ1v) is 14.4. The van der Waals surface area contributed by atoms with Crippen LogP contribution in [0.1, 0.15) is 82.5 Å². The molecule has 7 nitrogen and oxygen atoms in total. The van der Waals surface area contributed by atoms with E-state index in [0.29, 0.717) is 61.3 Å². The molecule has 2 fully saturated rings. The number of amides is 2. The Morgan fingerprint density at radius 3 is 2.26 bits per heavy atom. The lowest BCUT2D eigenvalue weighted by atomic mass is 9.69. The summed E-state index contributed by atoms with van der Waals surface area (Å²) in [7, 11) is 0. The first-order valence-electron chi connectivity index (χ1n) is 14.4. The smallest absolute Gasteiger partial charge is 0.416 e. The summed E-state index contributed by atoms with van der Waals surface area (Å²) in [6.07, 6.45) is -2.87. The summed E-state index contributed by atoms with van der Waals surface area (Å²) in [6.45, 7) is 12.8. The molecule has 0 unspecified atom stereocenters. The number of furan rings is 1. The number of alkyl halides is 3. The molecule has 1 saturated carbocycles. The van der Waals surface area contributed by atoms with Crippen molar-refractivity contribution >= 4 is 22.9 Å². The normalized spacial score (nSPS) is 22.8. The van der Waals surface area contributed by atoms with Gasteiger partial charge >= 0.3 is 6.18 Å². The zero-order valence-corrected chi connectivity index (χ0v) is 24.9. The van der Waals surface area contributed by atoms with Gasteiger partial charge in [-0.2, -0.15) is 13.2 Å². The van der Waals surface area contributed by atoms with Crippen LogP contribution in [0.3, 0.4) is 0 Å². The molecular formula is C32H38F3N3O4. The fraction of sp³-hybridized carbons (Fsp3) is 0.531. The molecule has 1 N–H and O–H groups in total. The minimum atomic E-state index is -4.43. The Bertz CT molecular complexity index is 1510. The van der Waals surface area contributed by atoms with Crippen molar-refractivity contribution in [3.63, 3.8) is 0 Å². The maximum Gasteiger partial charge on any atom is 0.416 e. The summed E-state index contributed by atoms with van der Waals surface area (Å²) in [5, 5.41) is 10.4. The van der Waals surface area contributed by atoms with Crippen LogP contribution in [-0.2, 0) is 16.4 Å². The fourth-order valence-corrected chi connectivity index (χ4v) is 6.09. The van der Waals surface area contributed by atoms with E-state index in [1.807, 2.05) is 41.5 Å². The molecule has 1 saturated heterocycles. The summed E-state index contributed by atoms with van der Waals surface area (Å²) in [4.78, 5) is 35.1. The topological polar surface area (TPSA) is 86.9 Å². The van der Waals surface area contributed by atoms with Gasteiger partial charge in [0.15, 0.2) is 11.3 Å². The molecule has 226 valence electrons. The Kier molecular flexibility index (Phi) is 7.23. The minimum absolute atomic E-state index is 0.0202. The van der Waals surface area contributed by atoms with Crippen molar-refractivity contribution in [2.45, 2.75) is 83.5 Å². The number of aliphatic hydroxyl groups is 1. The van der Waals surface area contributed by atoms with Crippen molar-refractivity contribution in [3.8, 4) is 11.3 Å². The lowest BCUT2D eigenvalue weighted by molar-refractivity contribution is -0.155. The van der Waals surface area contributed by atoms with Gasteiger partial charge in [0.05, 0.1) is 22.4 Å². The molecule has 1 aromatic carbocycles. The molecule has 3 aromatic rings. The standard InChI is InChI=1S/C32H38F3N3O4/c1-7-31(41)16-20(17-31)27(39)37-12-13-38(30(5,6)18-37)28(40)25-15-24-26(42-25)22(29(2,3)4)14-23(36-24)19-8-10-21(11-9-19)32(33,34)35/h8-11,14-15,20,41H,7,12-13,16-18H2,1-6H3. The quantitative estimate of drug-likeness (QED) is 0.382. The Balaban J connectivity index is 1.41. The van der Waals surface area contributed by atoms with Crippen LogP contribution < -0.4 is 0 Å². The highest BCUT2D eigenvalue weighted by Crippen LogP contribution is 2.42. The predicted octanol–water partition coefficient (Wildman–Crippen LogP) is 6.43. The maximum absolute atomic E-state index is 13.8. The van der Waals surface area contributed by atoms with Crippen molar-refractivity contribution in [2.75, 3.05) is 19.6 Å². The van der Waals surface area contributed by atoms with E-state index in [2.05, 4.69) is 4.98 Å². The molecule has 0 spiro atoms. The first-order chi connectivity index (χ1) is 19.4. The number of carbonyl (C=O) groups excluding carboxylic acids is 2. The van der Waals surface area contributed by atoms with E-state index >= 15 is 0 Å². The lowest BCUT2D eigenvalue weighted by Crippen LogP contribution is -2.63. The number of benzene rings is 1. The molecule has 1 aliphatic carbocycles.